The van der Waals surface area contributed by atoms with Gasteiger partial charge >= 0.3 is 0 Å². The zero-order chi connectivity index (χ0) is 25.8. The Morgan fingerprint density at radius 2 is 1.39 bits per heavy atom. The minimum atomic E-state index is -3.81. The Bertz CT molecular complexity index is 1310. The smallest absolute Gasteiger partial charge is 0.261 e. The van der Waals surface area contributed by atoms with Gasteiger partial charge in [-0.05, 0) is 46.6 Å². The third-order valence-corrected chi connectivity index (χ3v) is 12.9. The summed E-state index contributed by atoms with van der Waals surface area (Å²) in [6.45, 7) is 8.62. The van der Waals surface area contributed by atoms with Crippen LogP contribution in [0.3, 0.4) is 0 Å². The molecule has 0 spiro atoms. The van der Waals surface area contributed by atoms with Crippen LogP contribution in [0.2, 0.25) is 5.04 Å². The molecule has 0 saturated heterocycles. The van der Waals surface area contributed by atoms with Crippen molar-refractivity contribution in [1.82, 2.24) is 4.72 Å². The molecule has 0 saturated carbocycles. The number of aryl methyl sites for hydroxylation is 1. The third kappa shape index (κ3) is 5.39. The minimum absolute atomic E-state index is 0.117. The van der Waals surface area contributed by atoms with Gasteiger partial charge in [0.1, 0.15) is 11.8 Å². The van der Waals surface area contributed by atoms with Crippen molar-refractivity contribution in [3.05, 3.63) is 115 Å². The van der Waals surface area contributed by atoms with Crippen molar-refractivity contribution in [2.24, 2.45) is 0 Å². The molecule has 36 heavy (non-hydrogen) atoms. The normalized spacial score (nSPS) is 13.4. The highest BCUT2D eigenvalue weighted by molar-refractivity contribution is 7.89. The molecule has 5 nitrogen and oxygen atoms in total. The number of hydrogen-bond donors (Lipinski definition) is 1. The molecule has 0 aliphatic carbocycles. The molecule has 0 aliphatic heterocycles. The molecule has 1 atom stereocenters. The molecule has 3 aromatic carbocycles. The van der Waals surface area contributed by atoms with Gasteiger partial charge in [0.15, 0.2) is 0 Å². The van der Waals surface area contributed by atoms with E-state index in [1.165, 1.54) is 0 Å². The van der Waals surface area contributed by atoms with Crippen molar-refractivity contribution in [2.75, 3.05) is 6.61 Å². The van der Waals surface area contributed by atoms with Gasteiger partial charge in [-0.1, -0.05) is 99.1 Å². The molecule has 0 aliphatic rings. The molecule has 188 valence electrons. The van der Waals surface area contributed by atoms with Crippen LogP contribution in [0.15, 0.2) is 113 Å². The summed E-state index contributed by atoms with van der Waals surface area (Å²) in [5.74, 6) is 0.503. The fourth-order valence-corrected chi connectivity index (χ4v) is 10.4. The minimum Gasteiger partial charge on any atom is -0.468 e. The van der Waals surface area contributed by atoms with E-state index in [0.717, 1.165) is 15.9 Å². The molecule has 1 N–H and O–H groups in total. The van der Waals surface area contributed by atoms with Crippen LogP contribution in [-0.4, -0.2) is 23.3 Å². The first kappa shape index (κ1) is 26.1. The Hall–Kier alpha value is -2.97. The first-order valence-corrected chi connectivity index (χ1v) is 15.4. The molecule has 0 amide bonds. The van der Waals surface area contributed by atoms with Crippen molar-refractivity contribution >= 4 is 28.7 Å². The number of sulfonamides is 1. The number of benzene rings is 3. The van der Waals surface area contributed by atoms with E-state index < -0.39 is 24.4 Å². The zero-order valence-corrected chi connectivity index (χ0v) is 23.0. The SMILES string of the molecule is Cc1ccc(S(=O)(=O)N[C@@H](CO[Si](c2ccccc2)(c2ccccc2)C(C)(C)C)c2ccco2)cc1. The Morgan fingerprint density at radius 3 is 1.86 bits per heavy atom. The molecule has 4 rings (SSSR count). The highest BCUT2D eigenvalue weighted by Crippen LogP contribution is 2.37. The lowest BCUT2D eigenvalue weighted by atomic mass is 10.2. The summed E-state index contributed by atoms with van der Waals surface area (Å²) in [6, 6.07) is 30.2. The molecule has 0 radical (unpaired) electrons. The maximum Gasteiger partial charge on any atom is 0.261 e. The molecule has 1 heterocycles. The van der Waals surface area contributed by atoms with Gasteiger partial charge in [0.05, 0.1) is 17.8 Å². The summed E-state index contributed by atoms with van der Waals surface area (Å²) in [7, 11) is -6.67. The van der Waals surface area contributed by atoms with Crippen LogP contribution in [0, 0.1) is 6.92 Å². The predicted molar refractivity (Wildman–Crippen MR) is 147 cm³/mol. The van der Waals surface area contributed by atoms with Gasteiger partial charge in [0, 0.05) is 0 Å². The quantitative estimate of drug-likeness (QED) is 0.309. The van der Waals surface area contributed by atoms with Crippen molar-refractivity contribution in [3.63, 3.8) is 0 Å². The van der Waals surface area contributed by atoms with E-state index in [1.54, 1.807) is 42.7 Å². The molecular formula is C29H33NO4SSi. The monoisotopic (exact) mass is 519 g/mol. The summed E-state index contributed by atoms with van der Waals surface area (Å²) < 4.78 is 42.1. The van der Waals surface area contributed by atoms with E-state index in [-0.39, 0.29) is 16.5 Å². The van der Waals surface area contributed by atoms with E-state index in [9.17, 15) is 8.42 Å². The van der Waals surface area contributed by atoms with Crippen molar-refractivity contribution in [2.45, 2.75) is 43.7 Å². The maximum absolute atomic E-state index is 13.3. The van der Waals surface area contributed by atoms with E-state index in [0.29, 0.717) is 5.76 Å². The lowest BCUT2D eigenvalue weighted by Crippen LogP contribution is -2.67. The summed E-state index contributed by atoms with van der Waals surface area (Å²) in [5, 5.41) is 2.02. The molecule has 0 fully saturated rings. The topological polar surface area (TPSA) is 68.5 Å². The molecule has 4 aromatic rings. The fraction of sp³-hybridized carbons (Fsp3) is 0.241. The highest BCUT2D eigenvalue weighted by Gasteiger charge is 2.50. The Morgan fingerprint density at radius 1 is 0.833 bits per heavy atom. The number of furan rings is 1. The average molecular weight is 520 g/mol. The van der Waals surface area contributed by atoms with Crippen molar-refractivity contribution in [3.8, 4) is 0 Å². The highest BCUT2D eigenvalue weighted by atomic mass is 32.2. The largest absolute Gasteiger partial charge is 0.468 e. The number of hydrogen-bond acceptors (Lipinski definition) is 4. The van der Waals surface area contributed by atoms with Crippen LogP contribution < -0.4 is 15.1 Å². The van der Waals surface area contributed by atoms with E-state index >= 15 is 0 Å². The Kier molecular flexibility index (Phi) is 7.66. The second kappa shape index (κ2) is 10.6. The van der Waals surface area contributed by atoms with Crippen LogP contribution in [0.4, 0.5) is 0 Å². The second-order valence-electron chi connectivity index (χ2n) is 9.98. The van der Waals surface area contributed by atoms with Crippen LogP contribution in [0.5, 0.6) is 0 Å². The van der Waals surface area contributed by atoms with Gasteiger partial charge in [0.2, 0.25) is 10.0 Å². The number of rotatable bonds is 9. The summed E-state index contributed by atoms with van der Waals surface area (Å²) in [6.07, 6.45) is 1.55. The zero-order valence-electron chi connectivity index (χ0n) is 21.1. The van der Waals surface area contributed by atoms with E-state index in [2.05, 4.69) is 49.8 Å². The van der Waals surface area contributed by atoms with Gasteiger partial charge in [-0.3, -0.25) is 0 Å². The summed E-state index contributed by atoms with van der Waals surface area (Å²) in [5.41, 5.74) is 0.992. The number of nitrogens with one attached hydrogen (secondary N) is 1. The van der Waals surface area contributed by atoms with Gasteiger partial charge in [-0.2, -0.15) is 4.72 Å². The van der Waals surface area contributed by atoms with Crippen molar-refractivity contribution in [1.29, 1.82) is 0 Å². The third-order valence-electron chi connectivity index (χ3n) is 6.40. The van der Waals surface area contributed by atoms with Crippen LogP contribution in [0.25, 0.3) is 0 Å². The van der Waals surface area contributed by atoms with Crippen LogP contribution >= 0.6 is 0 Å². The van der Waals surface area contributed by atoms with Gasteiger partial charge in [-0.15, -0.1) is 0 Å². The summed E-state index contributed by atoms with van der Waals surface area (Å²) in [4.78, 5) is 0.204. The molecule has 0 unspecified atom stereocenters. The molecular weight excluding hydrogens is 486 g/mol. The van der Waals surface area contributed by atoms with Gasteiger partial charge in [-0.25, -0.2) is 8.42 Å². The second-order valence-corrected chi connectivity index (χ2v) is 16.0. The van der Waals surface area contributed by atoms with Crippen LogP contribution in [-0.2, 0) is 14.4 Å². The molecule has 1 aromatic heterocycles. The summed E-state index contributed by atoms with van der Waals surface area (Å²) >= 11 is 0. The first-order valence-electron chi connectivity index (χ1n) is 12.0. The van der Waals surface area contributed by atoms with E-state index in [1.807, 2.05) is 43.3 Å². The van der Waals surface area contributed by atoms with Crippen LogP contribution in [0.1, 0.15) is 38.1 Å². The lowest BCUT2D eigenvalue weighted by molar-refractivity contribution is 0.248. The van der Waals surface area contributed by atoms with Gasteiger partial charge < -0.3 is 8.84 Å². The fourth-order valence-electron chi connectivity index (χ4n) is 4.61. The standard InChI is InChI=1S/C29H33NO4SSi/c1-23-17-19-24(20-18-23)35(31,32)30-27(28-16-11-21-33-28)22-34-36(29(2,3)4,25-12-7-5-8-13-25)26-14-9-6-10-15-26/h5-21,27,30H,22H2,1-4H3/t27-/m0/s1. The average Bonchev–Trinajstić information content (AvgIpc) is 3.39. The molecule has 0 bridgehead atoms. The van der Waals surface area contributed by atoms with Gasteiger partial charge in [0.25, 0.3) is 8.32 Å². The molecule has 7 heteroatoms. The maximum atomic E-state index is 13.3. The Balaban J connectivity index is 1.75. The Labute approximate surface area is 215 Å². The lowest BCUT2D eigenvalue weighted by Gasteiger charge is -2.43. The first-order chi connectivity index (χ1) is 17.1. The van der Waals surface area contributed by atoms with Crippen molar-refractivity contribution < 1.29 is 17.3 Å². The van der Waals surface area contributed by atoms with E-state index in [4.69, 9.17) is 8.84 Å². The predicted octanol–water partition coefficient (Wildman–Crippen LogP) is 5.18.